The number of hydrogen-bond acceptors (Lipinski definition) is 3. The van der Waals surface area contributed by atoms with Crippen LogP contribution < -0.4 is 4.74 Å². The Bertz CT molecular complexity index is 820. The van der Waals surface area contributed by atoms with Gasteiger partial charge in [0.15, 0.2) is 6.61 Å². The van der Waals surface area contributed by atoms with Crippen molar-refractivity contribution < 1.29 is 14.3 Å². The van der Waals surface area contributed by atoms with E-state index in [9.17, 15) is 9.59 Å². The number of hydrogen-bond donors (Lipinski definition) is 0. The smallest absolute Gasteiger partial charge is 0.260 e. The fraction of sp³-hybridized carbons (Fsp3) is 0.455. The highest BCUT2D eigenvalue weighted by molar-refractivity contribution is 5.84. The quantitative estimate of drug-likeness (QED) is 0.812. The van der Waals surface area contributed by atoms with Crippen molar-refractivity contribution in [3.8, 4) is 5.75 Å². The van der Waals surface area contributed by atoms with Crippen LogP contribution in [0.1, 0.15) is 33.6 Å². The summed E-state index contributed by atoms with van der Waals surface area (Å²) in [7, 11) is 0. The molecular formula is C22H28N2O3. The van der Waals surface area contributed by atoms with Gasteiger partial charge in [-0.1, -0.05) is 44.2 Å². The molecule has 2 unspecified atom stereocenters. The summed E-state index contributed by atoms with van der Waals surface area (Å²) in [5, 5.41) is 2.24. The molecule has 5 heteroatoms. The Labute approximate surface area is 160 Å². The molecular weight excluding hydrogens is 340 g/mol. The number of nitrogens with zero attached hydrogens (tertiary/aromatic N) is 2. The lowest BCUT2D eigenvalue weighted by Gasteiger charge is -2.45. The standard InChI is InChI=1S/C22H28N2O3/c1-4-19-14-24(20(5-2)13-23(19)16(3)25)22(26)15-27-21-11-10-17-8-6-7-9-18(17)12-21/h6-12,19-20H,4-5,13-15H2,1-3H3. The van der Waals surface area contributed by atoms with E-state index >= 15 is 0 Å². The van der Waals surface area contributed by atoms with Gasteiger partial charge in [-0.2, -0.15) is 0 Å². The van der Waals surface area contributed by atoms with Gasteiger partial charge >= 0.3 is 0 Å². The molecule has 1 fully saturated rings. The molecule has 1 heterocycles. The van der Waals surface area contributed by atoms with Gasteiger partial charge in [0.25, 0.3) is 5.91 Å². The van der Waals surface area contributed by atoms with Gasteiger partial charge < -0.3 is 14.5 Å². The molecule has 1 aliphatic rings. The largest absolute Gasteiger partial charge is 0.484 e. The average Bonchev–Trinajstić information content (AvgIpc) is 2.70. The Kier molecular flexibility index (Phi) is 5.99. The number of benzene rings is 2. The molecule has 0 aliphatic carbocycles. The number of amides is 2. The maximum Gasteiger partial charge on any atom is 0.260 e. The third-order valence-corrected chi connectivity index (χ3v) is 5.45. The molecule has 2 aromatic rings. The van der Waals surface area contributed by atoms with E-state index in [1.54, 1.807) is 6.92 Å². The molecule has 1 saturated heterocycles. The van der Waals surface area contributed by atoms with Crippen LogP contribution in [-0.4, -0.2) is 53.4 Å². The third kappa shape index (κ3) is 4.24. The van der Waals surface area contributed by atoms with Gasteiger partial charge in [-0.3, -0.25) is 9.59 Å². The van der Waals surface area contributed by atoms with E-state index in [1.807, 2.05) is 46.2 Å². The molecule has 0 N–H and O–H groups in total. The minimum atomic E-state index is -0.0170. The number of fused-ring (bicyclic) bond motifs is 1. The topological polar surface area (TPSA) is 49.9 Å². The Balaban J connectivity index is 1.67. The first-order valence-corrected chi connectivity index (χ1v) is 9.71. The fourth-order valence-electron chi connectivity index (χ4n) is 3.82. The third-order valence-electron chi connectivity index (χ3n) is 5.45. The molecule has 0 spiro atoms. The van der Waals surface area contributed by atoms with E-state index in [2.05, 4.69) is 19.9 Å². The second-order valence-electron chi connectivity index (χ2n) is 7.14. The average molecular weight is 368 g/mol. The van der Waals surface area contributed by atoms with Gasteiger partial charge in [0.2, 0.25) is 5.91 Å². The number of carbonyl (C=O) groups excluding carboxylic acids is 2. The van der Waals surface area contributed by atoms with Crippen LogP contribution in [0.15, 0.2) is 42.5 Å². The Hall–Kier alpha value is -2.56. The van der Waals surface area contributed by atoms with Gasteiger partial charge in [0, 0.05) is 32.1 Å². The normalized spacial score (nSPS) is 20.0. The SMILES string of the molecule is CCC1CN(C(=O)COc2ccc3ccccc3c2)C(CC)CN1C(C)=O. The molecule has 2 atom stereocenters. The number of rotatable bonds is 5. The maximum absolute atomic E-state index is 12.8. The van der Waals surface area contributed by atoms with E-state index in [0.717, 1.165) is 23.6 Å². The Morgan fingerprint density at radius 1 is 0.963 bits per heavy atom. The van der Waals surface area contributed by atoms with Crippen molar-refractivity contribution in [1.82, 2.24) is 9.80 Å². The van der Waals surface area contributed by atoms with Gasteiger partial charge in [-0.05, 0) is 35.7 Å². The molecule has 2 aromatic carbocycles. The van der Waals surface area contributed by atoms with Crippen LogP contribution in [-0.2, 0) is 9.59 Å². The second-order valence-corrected chi connectivity index (χ2v) is 7.14. The van der Waals surface area contributed by atoms with E-state index in [-0.39, 0.29) is 30.5 Å². The van der Waals surface area contributed by atoms with Crippen LogP contribution in [0.25, 0.3) is 10.8 Å². The van der Waals surface area contributed by atoms with Crippen molar-refractivity contribution in [1.29, 1.82) is 0 Å². The molecule has 3 rings (SSSR count). The lowest BCUT2D eigenvalue weighted by Crippen LogP contribution is -2.61. The highest BCUT2D eigenvalue weighted by Gasteiger charge is 2.35. The first-order chi connectivity index (χ1) is 13.0. The molecule has 27 heavy (non-hydrogen) atoms. The first kappa shape index (κ1) is 19.2. The van der Waals surface area contributed by atoms with Crippen molar-refractivity contribution in [2.24, 2.45) is 0 Å². The zero-order chi connectivity index (χ0) is 19.4. The van der Waals surface area contributed by atoms with Crippen molar-refractivity contribution >= 4 is 22.6 Å². The van der Waals surface area contributed by atoms with E-state index in [0.29, 0.717) is 18.8 Å². The van der Waals surface area contributed by atoms with Crippen molar-refractivity contribution in [3.05, 3.63) is 42.5 Å². The Morgan fingerprint density at radius 3 is 2.26 bits per heavy atom. The maximum atomic E-state index is 12.8. The predicted octanol–water partition coefficient (Wildman–Crippen LogP) is 3.47. The lowest BCUT2D eigenvalue weighted by molar-refractivity contribution is -0.147. The molecule has 1 aliphatic heterocycles. The van der Waals surface area contributed by atoms with E-state index < -0.39 is 0 Å². The van der Waals surface area contributed by atoms with Crippen LogP contribution in [0.4, 0.5) is 0 Å². The van der Waals surface area contributed by atoms with Crippen LogP contribution in [0.3, 0.4) is 0 Å². The second kappa shape index (κ2) is 8.42. The van der Waals surface area contributed by atoms with E-state index in [4.69, 9.17) is 4.74 Å². The predicted molar refractivity (Wildman–Crippen MR) is 107 cm³/mol. The molecule has 2 amide bonds. The van der Waals surface area contributed by atoms with Crippen molar-refractivity contribution in [3.63, 3.8) is 0 Å². The summed E-state index contributed by atoms with van der Waals surface area (Å²) in [5.74, 6) is 0.765. The first-order valence-electron chi connectivity index (χ1n) is 9.71. The minimum absolute atomic E-state index is 0.0170. The van der Waals surface area contributed by atoms with Crippen LogP contribution >= 0.6 is 0 Å². The van der Waals surface area contributed by atoms with Crippen molar-refractivity contribution in [2.45, 2.75) is 45.7 Å². The molecule has 0 bridgehead atoms. The number of carbonyl (C=O) groups is 2. The van der Waals surface area contributed by atoms with Gasteiger partial charge in [-0.15, -0.1) is 0 Å². The van der Waals surface area contributed by atoms with Gasteiger partial charge in [-0.25, -0.2) is 0 Å². The zero-order valence-electron chi connectivity index (χ0n) is 16.4. The minimum Gasteiger partial charge on any atom is -0.484 e. The zero-order valence-corrected chi connectivity index (χ0v) is 16.4. The van der Waals surface area contributed by atoms with Crippen molar-refractivity contribution in [2.75, 3.05) is 19.7 Å². The summed E-state index contributed by atoms with van der Waals surface area (Å²) < 4.78 is 5.79. The van der Waals surface area contributed by atoms with Gasteiger partial charge in [0.1, 0.15) is 5.75 Å². The summed E-state index contributed by atoms with van der Waals surface area (Å²) in [6.45, 7) is 6.92. The fourth-order valence-corrected chi connectivity index (χ4v) is 3.82. The highest BCUT2D eigenvalue weighted by atomic mass is 16.5. The van der Waals surface area contributed by atoms with Crippen LogP contribution in [0.2, 0.25) is 0 Å². The van der Waals surface area contributed by atoms with E-state index in [1.165, 1.54) is 0 Å². The van der Waals surface area contributed by atoms with Crippen LogP contribution in [0.5, 0.6) is 5.75 Å². The monoisotopic (exact) mass is 368 g/mol. The summed E-state index contributed by atoms with van der Waals surface area (Å²) >= 11 is 0. The van der Waals surface area contributed by atoms with Crippen LogP contribution in [0, 0.1) is 0 Å². The summed E-state index contributed by atoms with van der Waals surface area (Å²) in [6.07, 6.45) is 1.66. The molecule has 0 radical (unpaired) electrons. The Morgan fingerprint density at radius 2 is 1.59 bits per heavy atom. The molecule has 144 valence electrons. The highest BCUT2D eigenvalue weighted by Crippen LogP contribution is 2.22. The number of piperazine rings is 1. The summed E-state index contributed by atoms with van der Waals surface area (Å²) in [4.78, 5) is 28.6. The molecule has 5 nitrogen and oxygen atoms in total. The lowest BCUT2D eigenvalue weighted by atomic mass is 10.0. The van der Waals surface area contributed by atoms with Gasteiger partial charge in [0.05, 0.1) is 0 Å². The summed E-state index contributed by atoms with van der Waals surface area (Å²) in [6, 6.07) is 14.1. The number of ether oxygens (including phenoxy) is 1. The molecule has 0 aromatic heterocycles. The molecule has 0 saturated carbocycles. The summed E-state index contributed by atoms with van der Waals surface area (Å²) in [5.41, 5.74) is 0.